The van der Waals surface area contributed by atoms with E-state index in [4.69, 9.17) is 4.74 Å². The molecule has 24 heavy (non-hydrogen) atoms. The average Bonchev–Trinajstić information content (AvgIpc) is 2.64. The first-order chi connectivity index (χ1) is 11.7. The van der Waals surface area contributed by atoms with Gasteiger partial charge < -0.3 is 10.1 Å². The van der Waals surface area contributed by atoms with Gasteiger partial charge in [-0.1, -0.05) is 62.8 Å². The molecule has 0 aliphatic heterocycles. The Morgan fingerprint density at radius 1 is 1.25 bits per heavy atom. The van der Waals surface area contributed by atoms with E-state index in [0.29, 0.717) is 17.9 Å². The van der Waals surface area contributed by atoms with Crippen LogP contribution in [0.4, 0.5) is 0 Å². The first kappa shape index (κ1) is 18.1. The summed E-state index contributed by atoms with van der Waals surface area (Å²) in [6.45, 7) is 8.38. The summed E-state index contributed by atoms with van der Waals surface area (Å²) >= 11 is 0. The third kappa shape index (κ3) is 3.97. The SMILES string of the molecule is C=C/C=C(\C=C)C1(CNC(=O)c2ccccc2OC)CCCCC1. The zero-order valence-corrected chi connectivity index (χ0v) is 14.5. The van der Waals surface area contributed by atoms with Gasteiger partial charge in [-0.3, -0.25) is 4.79 Å². The molecule has 0 unspecified atom stereocenters. The summed E-state index contributed by atoms with van der Waals surface area (Å²) in [7, 11) is 1.58. The second kappa shape index (κ2) is 8.53. The summed E-state index contributed by atoms with van der Waals surface area (Å²) in [5.74, 6) is 0.498. The second-order valence-electron chi connectivity index (χ2n) is 6.29. The third-order valence-electron chi connectivity index (χ3n) is 4.88. The Morgan fingerprint density at radius 2 is 1.96 bits per heavy atom. The van der Waals surface area contributed by atoms with Gasteiger partial charge in [0.1, 0.15) is 5.75 Å². The van der Waals surface area contributed by atoms with E-state index < -0.39 is 0 Å². The lowest BCUT2D eigenvalue weighted by atomic mass is 9.68. The van der Waals surface area contributed by atoms with Crippen LogP contribution in [0, 0.1) is 5.41 Å². The van der Waals surface area contributed by atoms with Crippen LogP contribution < -0.4 is 10.1 Å². The van der Waals surface area contributed by atoms with Crippen molar-refractivity contribution in [2.45, 2.75) is 32.1 Å². The van der Waals surface area contributed by atoms with Crippen molar-refractivity contribution >= 4 is 5.91 Å². The normalized spacial score (nSPS) is 17.0. The van der Waals surface area contributed by atoms with Gasteiger partial charge in [0.15, 0.2) is 0 Å². The van der Waals surface area contributed by atoms with E-state index in [9.17, 15) is 4.79 Å². The van der Waals surface area contributed by atoms with Crippen molar-refractivity contribution in [3.05, 3.63) is 66.8 Å². The highest BCUT2D eigenvalue weighted by atomic mass is 16.5. The topological polar surface area (TPSA) is 38.3 Å². The smallest absolute Gasteiger partial charge is 0.255 e. The molecule has 3 nitrogen and oxygen atoms in total. The van der Waals surface area contributed by atoms with Crippen molar-refractivity contribution in [1.29, 1.82) is 0 Å². The fourth-order valence-corrected chi connectivity index (χ4v) is 3.56. The van der Waals surface area contributed by atoms with Crippen molar-refractivity contribution in [2.75, 3.05) is 13.7 Å². The molecule has 1 aliphatic carbocycles. The van der Waals surface area contributed by atoms with E-state index in [1.165, 1.54) is 19.3 Å². The van der Waals surface area contributed by atoms with Gasteiger partial charge in [0.25, 0.3) is 5.91 Å². The molecule has 2 rings (SSSR count). The number of rotatable bonds is 7. The maximum Gasteiger partial charge on any atom is 0.255 e. The lowest BCUT2D eigenvalue weighted by Crippen LogP contribution is -2.40. The monoisotopic (exact) mass is 325 g/mol. The number of methoxy groups -OCH3 is 1. The highest BCUT2D eigenvalue weighted by Gasteiger charge is 2.34. The van der Waals surface area contributed by atoms with Crippen molar-refractivity contribution in [3.63, 3.8) is 0 Å². The van der Waals surface area contributed by atoms with Crippen LogP contribution in [-0.2, 0) is 0 Å². The Kier molecular flexibility index (Phi) is 6.42. The summed E-state index contributed by atoms with van der Waals surface area (Å²) in [4.78, 5) is 12.6. The lowest BCUT2D eigenvalue weighted by Gasteiger charge is -2.39. The van der Waals surface area contributed by atoms with E-state index in [0.717, 1.165) is 18.4 Å². The molecule has 1 saturated carbocycles. The Morgan fingerprint density at radius 3 is 2.58 bits per heavy atom. The third-order valence-corrected chi connectivity index (χ3v) is 4.88. The summed E-state index contributed by atoms with van der Waals surface area (Å²) in [5.41, 5.74) is 1.68. The summed E-state index contributed by atoms with van der Waals surface area (Å²) < 4.78 is 5.29. The van der Waals surface area contributed by atoms with Crippen LogP contribution in [0.2, 0.25) is 0 Å². The van der Waals surface area contributed by atoms with Crippen molar-refractivity contribution < 1.29 is 9.53 Å². The van der Waals surface area contributed by atoms with Crippen molar-refractivity contribution in [1.82, 2.24) is 5.32 Å². The van der Waals surface area contributed by atoms with Crippen LogP contribution in [0.1, 0.15) is 42.5 Å². The molecule has 0 aromatic heterocycles. The number of ether oxygens (including phenoxy) is 1. The lowest BCUT2D eigenvalue weighted by molar-refractivity contribution is 0.0924. The van der Waals surface area contributed by atoms with Gasteiger partial charge in [-0.15, -0.1) is 0 Å². The molecule has 0 bridgehead atoms. The van der Waals surface area contributed by atoms with Crippen molar-refractivity contribution in [2.24, 2.45) is 5.41 Å². The van der Waals surface area contributed by atoms with Gasteiger partial charge in [-0.05, 0) is 30.5 Å². The molecular weight excluding hydrogens is 298 g/mol. The quantitative estimate of drug-likeness (QED) is 0.740. The van der Waals surface area contributed by atoms with Gasteiger partial charge >= 0.3 is 0 Å². The maximum atomic E-state index is 12.6. The van der Waals surface area contributed by atoms with E-state index in [1.54, 1.807) is 25.3 Å². The molecule has 128 valence electrons. The van der Waals surface area contributed by atoms with Gasteiger partial charge in [0.05, 0.1) is 12.7 Å². The Bertz CT molecular complexity index is 624. The van der Waals surface area contributed by atoms with Gasteiger partial charge in [0.2, 0.25) is 0 Å². The van der Waals surface area contributed by atoms with E-state index in [-0.39, 0.29) is 11.3 Å². The maximum absolute atomic E-state index is 12.6. The molecule has 0 spiro atoms. The standard InChI is InChI=1S/C21H27NO2/c1-4-11-17(5-2)21(14-9-6-10-15-21)16-22-20(23)18-12-7-8-13-19(18)24-3/h4-5,7-8,11-13H,1-2,6,9-10,14-16H2,3H3,(H,22,23)/b17-11+. The van der Waals surface area contributed by atoms with Crippen LogP contribution in [0.15, 0.2) is 61.2 Å². The van der Waals surface area contributed by atoms with Crippen LogP contribution >= 0.6 is 0 Å². The largest absolute Gasteiger partial charge is 0.496 e. The molecule has 0 radical (unpaired) electrons. The van der Waals surface area contributed by atoms with Crippen molar-refractivity contribution in [3.8, 4) is 5.75 Å². The van der Waals surface area contributed by atoms with Crippen LogP contribution in [0.5, 0.6) is 5.75 Å². The van der Waals surface area contributed by atoms with E-state index in [2.05, 4.69) is 18.5 Å². The molecule has 0 heterocycles. The molecule has 1 N–H and O–H groups in total. The minimum Gasteiger partial charge on any atom is -0.496 e. The first-order valence-electron chi connectivity index (χ1n) is 8.54. The molecule has 0 atom stereocenters. The molecule has 1 fully saturated rings. The minimum absolute atomic E-state index is 0.0497. The van der Waals surface area contributed by atoms with E-state index in [1.807, 2.05) is 24.3 Å². The Labute approximate surface area is 145 Å². The highest BCUT2D eigenvalue weighted by Crippen LogP contribution is 2.42. The number of para-hydroxylation sites is 1. The molecular formula is C21H27NO2. The average molecular weight is 325 g/mol. The van der Waals surface area contributed by atoms with Crippen LogP contribution in [0.25, 0.3) is 0 Å². The predicted molar refractivity (Wildman–Crippen MR) is 99.3 cm³/mol. The molecule has 1 aromatic rings. The molecule has 1 aliphatic rings. The first-order valence-corrected chi connectivity index (χ1v) is 8.54. The number of carbonyl (C=O) groups is 1. The molecule has 0 saturated heterocycles. The highest BCUT2D eigenvalue weighted by molar-refractivity contribution is 5.96. The van der Waals surface area contributed by atoms with Gasteiger partial charge in [-0.25, -0.2) is 0 Å². The number of amides is 1. The fourth-order valence-electron chi connectivity index (χ4n) is 3.56. The van der Waals surface area contributed by atoms with Gasteiger partial charge in [-0.2, -0.15) is 0 Å². The fraction of sp³-hybridized carbons (Fsp3) is 0.381. The number of nitrogens with one attached hydrogen (secondary N) is 1. The Hall–Kier alpha value is -2.29. The second-order valence-corrected chi connectivity index (χ2v) is 6.29. The summed E-state index contributed by atoms with van der Waals surface area (Å²) in [6, 6.07) is 7.30. The summed E-state index contributed by atoms with van der Waals surface area (Å²) in [6.07, 6.45) is 11.4. The minimum atomic E-state index is -0.0978. The van der Waals surface area contributed by atoms with E-state index >= 15 is 0 Å². The zero-order chi connectivity index (χ0) is 17.4. The number of allylic oxidation sites excluding steroid dienone is 3. The van der Waals surface area contributed by atoms with Crippen LogP contribution in [0.3, 0.4) is 0 Å². The number of hydrogen-bond acceptors (Lipinski definition) is 2. The summed E-state index contributed by atoms with van der Waals surface area (Å²) in [5, 5.41) is 3.12. The van der Waals surface area contributed by atoms with Crippen LogP contribution in [-0.4, -0.2) is 19.6 Å². The predicted octanol–water partition coefficient (Wildman–Crippen LogP) is 4.67. The number of benzene rings is 1. The zero-order valence-electron chi connectivity index (χ0n) is 14.5. The molecule has 3 heteroatoms. The molecule has 1 amide bonds. The molecule has 1 aromatic carbocycles. The number of hydrogen-bond donors (Lipinski definition) is 1. The number of carbonyl (C=O) groups excluding carboxylic acids is 1. The Balaban J connectivity index is 2.18. The van der Waals surface area contributed by atoms with Gasteiger partial charge in [0, 0.05) is 12.0 Å².